The van der Waals surface area contributed by atoms with Gasteiger partial charge in [-0.05, 0) is 24.6 Å². The van der Waals surface area contributed by atoms with Crippen LogP contribution in [0.1, 0.15) is 29.8 Å². The van der Waals surface area contributed by atoms with Crippen LogP contribution < -0.4 is 0 Å². The van der Waals surface area contributed by atoms with E-state index in [-0.39, 0.29) is 11.9 Å². The van der Waals surface area contributed by atoms with Crippen molar-refractivity contribution in [3.05, 3.63) is 35.7 Å². The summed E-state index contributed by atoms with van der Waals surface area (Å²) in [7, 11) is 0. The van der Waals surface area contributed by atoms with Crippen LogP contribution in [0.25, 0.3) is 6.08 Å². The number of pyridine rings is 1. The van der Waals surface area contributed by atoms with Gasteiger partial charge < -0.3 is 10.0 Å². The van der Waals surface area contributed by atoms with E-state index in [1.165, 1.54) is 18.5 Å². The first-order valence-corrected chi connectivity index (χ1v) is 7.82. The van der Waals surface area contributed by atoms with Gasteiger partial charge in [0.05, 0.1) is 5.56 Å². The van der Waals surface area contributed by atoms with E-state index in [2.05, 4.69) is 18.8 Å². The van der Waals surface area contributed by atoms with Crippen LogP contribution in [0.2, 0.25) is 0 Å². The van der Waals surface area contributed by atoms with Gasteiger partial charge in [0.15, 0.2) is 0 Å². The van der Waals surface area contributed by atoms with E-state index in [9.17, 15) is 9.59 Å². The number of carboxylic acid groups (broad SMARTS) is 1. The van der Waals surface area contributed by atoms with E-state index in [1.807, 2.05) is 16.7 Å². The van der Waals surface area contributed by atoms with Gasteiger partial charge in [0.25, 0.3) is 5.91 Å². The lowest BCUT2D eigenvalue weighted by Gasteiger charge is -2.37. The molecule has 1 aromatic heterocycles. The van der Waals surface area contributed by atoms with Crippen molar-refractivity contribution in [3.63, 3.8) is 0 Å². The van der Waals surface area contributed by atoms with E-state index in [1.54, 1.807) is 6.07 Å². The van der Waals surface area contributed by atoms with Crippen LogP contribution in [-0.2, 0) is 4.79 Å². The first kappa shape index (κ1) is 15.6. The lowest BCUT2D eigenvalue weighted by atomic mass is 10.1. The molecule has 1 aliphatic heterocycles. The van der Waals surface area contributed by atoms with Gasteiger partial charge in [-0.15, -0.1) is 0 Å². The number of rotatable bonds is 3. The quantitative estimate of drug-likeness (QED) is 0.866. The summed E-state index contributed by atoms with van der Waals surface area (Å²) in [5, 5.41) is 9.04. The number of carbonyl (C=O) groups is 2. The summed E-state index contributed by atoms with van der Waals surface area (Å²) in [5.41, 5.74) is 1.10. The zero-order chi connectivity index (χ0) is 15.4. The molecule has 0 spiro atoms. The maximum Gasteiger partial charge on any atom is 0.328 e. The minimum Gasteiger partial charge on any atom is -0.478 e. The Kier molecular flexibility index (Phi) is 5.01. The molecule has 6 heteroatoms. The van der Waals surface area contributed by atoms with Gasteiger partial charge in [-0.25, -0.2) is 4.79 Å². The van der Waals surface area contributed by atoms with Crippen molar-refractivity contribution in [1.82, 2.24) is 9.88 Å². The van der Waals surface area contributed by atoms with Gasteiger partial charge in [0.2, 0.25) is 0 Å². The molecule has 2 heterocycles. The zero-order valence-corrected chi connectivity index (χ0v) is 12.8. The Morgan fingerprint density at radius 2 is 2.19 bits per heavy atom. The topological polar surface area (TPSA) is 70.5 Å². The highest BCUT2D eigenvalue weighted by atomic mass is 32.2. The summed E-state index contributed by atoms with van der Waals surface area (Å²) in [6, 6.07) is 1.85. The first-order chi connectivity index (χ1) is 9.99. The predicted octanol–water partition coefficient (Wildman–Crippen LogP) is 2.15. The van der Waals surface area contributed by atoms with Crippen LogP contribution in [-0.4, -0.2) is 50.5 Å². The highest BCUT2D eigenvalue weighted by Crippen LogP contribution is 2.25. The summed E-state index contributed by atoms with van der Waals surface area (Å²) < 4.78 is 0. The van der Waals surface area contributed by atoms with Crippen molar-refractivity contribution in [2.45, 2.75) is 25.1 Å². The molecule has 21 heavy (non-hydrogen) atoms. The Balaban J connectivity index is 2.19. The van der Waals surface area contributed by atoms with Gasteiger partial charge in [-0.2, -0.15) is 11.8 Å². The van der Waals surface area contributed by atoms with Crippen LogP contribution in [0, 0.1) is 0 Å². The van der Waals surface area contributed by atoms with Gasteiger partial charge in [0, 0.05) is 42.1 Å². The van der Waals surface area contributed by atoms with Crippen molar-refractivity contribution in [2.24, 2.45) is 0 Å². The third-order valence-electron chi connectivity index (χ3n) is 3.57. The van der Waals surface area contributed by atoms with E-state index in [0.717, 1.165) is 18.4 Å². The second-order valence-corrected chi connectivity index (χ2v) is 6.48. The van der Waals surface area contributed by atoms with E-state index in [4.69, 9.17) is 5.11 Å². The number of carboxylic acids is 1. The number of carbonyl (C=O) groups excluding carboxylic acids is 1. The third kappa shape index (κ3) is 3.85. The van der Waals surface area contributed by atoms with E-state index >= 15 is 0 Å². The number of hydrogen-bond donors (Lipinski definition) is 1. The number of aliphatic carboxylic acids is 1. The number of aromatic nitrogens is 1. The Morgan fingerprint density at radius 3 is 2.90 bits per heavy atom. The maximum atomic E-state index is 12.6. The molecule has 112 valence electrons. The fourth-order valence-corrected chi connectivity index (χ4v) is 3.32. The molecular weight excluding hydrogens is 288 g/mol. The summed E-state index contributed by atoms with van der Waals surface area (Å²) in [4.78, 5) is 29.0. The molecule has 2 unspecified atom stereocenters. The SMILES string of the molecule is CC1SCCN(C(=O)c2cncc(/C=C/C(=O)O)c2)C1C. The Hall–Kier alpha value is -1.82. The maximum absolute atomic E-state index is 12.6. The largest absolute Gasteiger partial charge is 0.478 e. The molecule has 2 rings (SSSR count). The van der Waals surface area contributed by atoms with Crippen LogP contribution in [0.5, 0.6) is 0 Å². The number of amides is 1. The minimum absolute atomic E-state index is 0.0484. The van der Waals surface area contributed by atoms with Gasteiger partial charge >= 0.3 is 5.97 Å². The van der Waals surface area contributed by atoms with Crippen LogP contribution >= 0.6 is 11.8 Å². The summed E-state index contributed by atoms with van der Waals surface area (Å²) >= 11 is 1.87. The molecule has 0 saturated carbocycles. The number of nitrogens with zero attached hydrogens (tertiary/aromatic N) is 2. The lowest BCUT2D eigenvalue weighted by Crippen LogP contribution is -2.48. The second-order valence-electron chi connectivity index (χ2n) is 4.99. The molecule has 0 aliphatic carbocycles. The van der Waals surface area contributed by atoms with Crippen LogP contribution in [0.15, 0.2) is 24.5 Å². The molecular formula is C15H18N2O3S. The highest BCUT2D eigenvalue weighted by Gasteiger charge is 2.29. The molecule has 1 amide bonds. The Labute approximate surface area is 128 Å². The van der Waals surface area contributed by atoms with Crippen molar-refractivity contribution in [1.29, 1.82) is 0 Å². The van der Waals surface area contributed by atoms with Crippen LogP contribution in [0.4, 0.5) is 0 Å². The van der Waals surface area contributed by atoms with E-state index < -0.39 is 5.97 Å². The minimum atomic E-state index is -1.03. The van der Waals surface area contributed by atoms with E-state index in [0.29, 0.717) is 16.4 Å². The summed E-state index contributed by atoms with van der Waals surface area (Å²) in [6.07, 6.45) is 5.53. The van der Waals surface area contributed by atoms with Gasteiger partial charge in [-0.3, -0.25) is 9.78 Å². The average molecular weight is 306 g/mol. The fraction of sp³-hybridized carbons (Fsp3) is 0.400. The number of hydrogen-bond acceptors (Lipinski definition) is 4. The first-order valence-electron chi connectivity index (χ1n) is 6.77. The normalized spacial score (nSPS) is 22.5. The molecule has 0 aromatic carbocycles. The molecule has 1 aliphatic rings. The van der Waals surface area contributed by atoms with Crippen LogP contribution in [0.3, 0.4) is 0 Å². The molecule has 0 radical (unpaired) electrons. The van der Waals surface area contributed by atoms with Crippen molar-refractivity contribution >= 4 is 29.7 Å². The summed E-state index contributed by atoms with van der Waals surface area (Å²) in [5.74, 6) is -0.140. The molecule has 1 saturated heterocycles. The van der Waals surface area contributed by atoms with Gasteiger partial charge in [0.1, 0.15) is 0 Å². The summed E-state index contributed by atoms with van der Waals surface area (Å²) in [6.45, 7) is 4.90. The second kappa shape index (κ2) is 6.76. The Morgan fingerprint density at radius 1 is 1.43 bits per heavy atom. The van der Waals surface area contributed by atoms with Gasteiger partial charge in [-0.1, -0.05) is 6.92 Å². The Bertz CT molecular complexity index is 574. The van der Waals surface area contributed by atoms with Crippen molar-refractivity contribution in [2.75, 3.05) is 12.3 Å². The predicted molar refractivity (Wildman–Crippen MR) is 83.3 cm³/mol. The molecule has 5 nitrogen and oxygen atoms in total. The third-order valence-corrected chi connectivity index (χ3v) is 4.91. The average Bonchev–Trinajstić information content (AvgIpc) is 2.47. The van der Waals surface area contributed by atoms with Crippen molar-refractivity contribution < 1.29 is 14.7 Å². The molecule has 1 fully saturated rings. The smallest absolute Gasteiger partial charge is 0.328 e. The fourth-order valence-electron chi connectivity index (χ4n) is 2.22. The molecule has 2 atom stereocenters. The lowest BCUT2D eigenvalue weighted by molar-refractivity contribution is -0.131. The molecule has 1 aromatic rings. The highest BCUT2D eigenvalue weighted by molar-refractivity contribution is 8.00. The molecule has 1 N–H and O–H groups in total. The monoisotopic (exact) mass is 306 g/mol. The zero-order valence-electron chi connectivity index (χ0n) is 12.0. The molecule has 0 bridgehead atoms. The number of thioether (sulfide) groups is 1. The standard InChI is InChI=1S/C15H18N2O3S/c1-10-11(2)21-6-5-17(10)15(20)13-7-12(8-16-9-13)3-4-14(18)19/h3-4,7-11H,5-6H2,1-2H3,(H,18,19)/b4-3+. The van der Waals surface area contributed by atoms with Crippen molar-refractivity contribution in [3.8, 4) is 0 Å².